The average molecular weight is 366 g/mol. The van der Waals surface area contributed by atoms with Gasteiger partial charge in [-0.15, -0.1) is 0 Å². The van der Waals surface area contributed by atoms with Gasteiger partial charge in [0.1, 0.15) is 11.3 Å². The van der Waals surface area contributed by atoms with Crippen LogP contribution in [-0.4, -0.2) is 37.7 Å². The molecule has 0 aliphatic carbocycles. The number of hydrogen-bond donors (Lipinski definition) is 1. The van der Waals surface area contributed by atoms with E-state index >= 15 is 0 Å². The van der Waals surface area contributed by atoms with Gasteiger partial charge in [-0.05, 0) is 45.0 Å². The Labute approximate surface area is 145 Å². The van der Waals surface area contributed by atoms with Gasteiger partial charge in [0.15, 0.2) is 6.10 Å². The van der Waals surface area contributed by atoms with Gasteiger partial charge in [-0.25, -0.2) is 13.2 Å². The lowest BCUT2D eigenvalue weighted by Crippen LogP contribution is -2.25. The summed E-state index contributed by atoms with van der Waals surface area (Å²) in [6.07, 6.45) is 0.0115. The lowest BCUT2D eigenvalue weighted by molar-refractivity contribution is 0.0316. The van der Waals surface area contributed by atoms with E-state index in [4.69, 9.17) is 9.26 Å². The van der Waals surface area contributed by atoms with Gasteiger partial charge in [0.2, 0.25) is 15.8 Å². The molecule has 0 saturated heterocycles. The number of aromatic nitrogens is 1. The van der Waals surface area contributed by atoms with Gasteiger partial charge in [-0.1, -0.05) is 5.16 Å². The molecule has 0 aliphatic rings. The number of carbonyl (C=O) groups excluding carboxylic acids is 2. The van der Waals surface area contributed by atoms with E-state index in [2.05, 4.69) is 9.88 Å². The van der Waals surface area contributed by atoms with Crippen LogP contribution in [0.1, 0.15) is 39.1 Å². The highest BCUT2D eigenvalue weighted by molar-refractivity contribution is 7.92. The monoisotopic (exact) mass is 366 g/mol. The van der Waals surface area contributed by atoms with Gasteiger partial charge in [0, 0.05) is 11.3 Å². The number of nitrogens with one attached hydrogen (secondary N) is 1. The lowest BCUT2D eigenvalue weighted by Gasteiger charge is -2.12. The minimum absolute atomic E-state index is 0.201. The molecule has 1 atom stereocenters. The highest BCUT2D eigenvalue weighted by atomic mass is 32.2. The van der Waals surface area contributed by atoms with Crippen LogP contribution >= 0.6 is 0 Å². The zero-order valence-electron chi connectivity index (χ0n) is 14.2. The molecule has 9 heteroatoms. The summed E-state index contributed by atoms with van der Waals surface area (Å²) in [6, 6.07) is 5.82. The average Bonchev–Trinajstić information content (AvgIpc) is 2.84. The topological polar surface area (TPSA) is 116 Å². The van der Waals surface area contributed by atoms with Crippen molar-refractivity contribution in [2.45, 2.75) is 26.9 Å². The van der Waals surface area contributed by atoms with Gasteiger partial charge in [-0.2, -0.15) is 0 Å². The fourth-order valence-corrected chi connectivity index (χ4v) is 2.76. The Hall–Kier alpha value is -2.68. The minimum Gasteiger partial charge on any atom is -0.451 e. The Morgan fingerprint density at radius 3 is 2.28 bits per heavy atom. The first kappa shape index (κ1) is 18.7. The highest BCUT2D eigenvalue weighted by Crippen LogP contribution is 2.17. The summed E-state index contributed by atoms with van der Waals surface area (Å²) in [7, 11) is -3.39. The molecule has 134 valence electrons. The fraction of sp³-hybridized carbons (Fsp3) is 0.312. The number of benzene rings is 1. The predicted octanol–water partition coefficient (Wildman–Crippen LogP) is 2.09. The van der Waals surface area contributed by atoms with Crippen molar-refractivity contribution >= 4 is 27.5 Å². The summed E-state index contributed by atoms with van der Waals surface area (Å²) in [5.41, 5.74) is 1.21. The molecule has 0 fully saturated rings. The van der Waals surface area contributed by atoms with Gasteiger partial charge in [-0.3, -0.25) is 9.52 Å². The van der Waals surface area contributed by atoms with Crippen molar-refractivity contribution in [1.82, 2.24) is 5.16 Å². The molecule has 1 aromatic carbocycles. The Morgan fingerprint density at radius 2 is 1.80 bits per heavy atom. The molecular formula is C16H18N2O6S. The largest absolute Gasteiger partial charge is 0.451 e. The highest BCUT2D eigenvalue weighted by Gasteiger charge is 2.24. The zero-order chi connectivity index (χ0) is 18.8. The quantitative estimate of drug-likeness (QED) is 0.615. The SMILES string of the molecule is Cc1noc(C)c1C(=O)O[C@H](C)C(=O)c1ccc(NS(C)(=O)=O)cc1. The standard InChI is InChI=1S/C16H18N2O6S/c1-9-14(10(2)24-17-9)16(20)23-11(3)15(19)12-5-7-13(8-6-12)18-25(4,21)22/h5-8,11,18H,1-4H3/t11-/m1/s1. The van der Waals surface area contributed by atoms with Crippen molar-refractivity contribution < 1.29 is 27.3 Å². The van der Waals surface area contributed by atoms with Crippen LogP contribution in [0, 0.1) is 13.8 Å². The van der Waals surface area contributed by atoms with E-state index in [0.717, 1.165) is 6.26 Å². The van der Waals surface area contributed by atoms with E-state index in [1.807, 2.05) is 0 Å². The van der Waals surface area contributed by atoms with Gasteiger partial charge in [0.25, 0.3) is 0 Å². The van der Waals surface area contributed by atoms with E-state index in [9.17, 15) is 18.0 Å². The molecule has 0 saturated carbocycles. The smallest absolute Gasteiger partial charge is 0.344 e. The van der Waals surface area contributed by atoms with Crippen LogP contribution in [0.15, 0.2) is 28.8 Å². The second-order valence-electron chi connectivity index (χ2n) is 5.56. The molecule has 0 unspecified atom stereocenters. The van der Waals surface area contributed by atoms with E-state index in [1.54, 1.807) is 13.8 Å². The van der Waals surface area contributed by atoms with Crippen LogP contribution in [0.3, 0.4) is 0 Å². The van der Waals surface area contributed by atoms with Gasteiger partial charge in [0.05, 0.1) is 11.9 Å². The van der Waals surface area contributed by atoms with E-state index in [1.165, 1.54) is 31.2 Å². The van der Waals surface area contributed by atoms with Crippen LogP contribution in [0.4, 0.5) is 5.69 Å². The first-order chi connectivity index (χ1) is 11.6. The number of esters is 1. The zero-order valence-corrected chi connectivity index (χ0v) is 15.0. The minimum atomic E-state index is -3.39. The molecule has 0 spiro atoms. The molecular weight excluding hydrogens is 348 g/mol. The Kier molecular flexibility index (Phi) is 5.27. The summed E-state index contributed by atoms with van der Waals surface area (Å²) in [5, 5.41) is 3.67. The molecule has 0 bridgehead atoms. The van der Waals surface area contributed by atoms with E-state index < -0.39 is 27.9 Å². The normalized spacial score (nSPS) is 12.5. The van der Waals surface area contributed by atoms with Crippen LogP contribution in [0.25, 0.3) is 0 Å². The maximum absolute atomic E-state index is 12.4. The molecule has 1 heterocycles. The van der Waals surface area contributed by atoms with Crippen molar-refractivity contribution in [3.05, 3.63) is 46.8 Å². The summed E-state index contributed by atoms with van der Waals surface area (Å²) in [5.74, 6) is -0.781. The number of aryl methyl sites for hydroxylation is 2. The van der Waals surface area contributed by atoms with Crippen molar-refractivity contribution in [3.8, 4) is 0 Å². The lowest BCUT2D eigenvalue weighted by atomic mass is 10.1. The summed E-state index contributed by atoms with van der Waals surface area (Å²) < 4.78 is 34.7. The second-order valence-corrected chi connectivity index (χ2v) is 7.31. The molecule has 0 aliphatic heterocycles. The number of nitrogens with zero attached hydrogens (tertiary/aromatic N) is 1. The van der Waals surface area contributed by atoms with Crippen LogP contribution < -0.4 is 4.72 Å². The van der Waals surface area contributed by atoms with Crippen LogP contribution in [0.2, 0.25) is 0 Å². The third-order valence-corrected chi connectivity index (χ3v) is 3.97. The Morgan fingerprint density at radius 1 is 1.20 bits per heavy atom. The van der Waals surface area contributed by atoms with Crippen molar-refractivity contribution in [1.29, 1.82) is 0 Å². The summed E-state index contributed by atoms with van der Waals surface area (Å²) >= 11 is 0. The molecule has 1 N–H and O–H groups in total. The third kappa shape index (κ3) is 4.66. The number of hydrogen-bond acceptors (Lipinski definition) is 7. The molecule has 25 heavy (non-hydrogen) atoms. The maximum Gasteiger partial charge on any atom is 0.344 e. The summed E-state index contributed by atoms with van der Waals surface area (Å²) in [6.45, 7) is 4.64. The van der Waals surface area contributed by atoms with Crippen molar-refractivity contribution in [2.24, 2.45) is 0 Å². The first-order valence-corrected chi connectivity index (χ1v) is 9.23. The number of sulfonamides is 1. The summed E-state index contributed by atoms with van der Waals surface area (Å²) in [4.78, 5) is 24.5. The maximum atomic E-state index is 12.4. The van der Waals surface area contributed by atoms with Gasteiger partial charge >= 0.3 is 5.97 Å². The molecule has 2 aromatic rings. The third-order valence-electron chi connectivity index (χ3n) is 3.36. The van der Waals surface area contributed by atoms with Crippen molar-refractivity contribution in [3.63, 3.8) is 0 Å². The molecule has 0 amide bonds. The number of rotatable bonds is 6. The number of anilines is 1. The Bertz CT molecular complexity index is 880. The fourth-order valence-electron chi connectivity index (χ4n) is 2.20. The second kappa shape index (κ2) is 7.06. The molecule has 0 radical (unpaired) electrons. The van der Waals surface area contributed by atoms with Crippen LogP contribution in [-0.2, 0) is 14.8 Å². The first-order valence-electron chi connectivity index (χ1n) is 7.34. The van der Waals surface area contributed by atoms with E-state index in [-0.39, 0.29) is 11.1 Å². The number of carbonyl (C=O) groups is 2. The molecule has 8 nitrogen and oxygen atoms in total. The van der Waals surface area contributed by atoms with Crippen molar-refractivity contribution in [2.75, 3.05) is 11.0 Å². The molecule has 1 aromatic heterocycles. The van der Waals surface area contributed by atoms with Crippen LogP contribution in [0.5, 0.6) is 0 Å². The van der Waals surface area contributed by atoms with E-state index in [0.29, 0.717) is 17.1 Å². The number of ether oxygens (including phenoxy) is 1. The Balaban J connectivity index is 2.08. The number of ketones is 1. The molecule has 2 rings (SSSR count). The predicted molar refractivity (Wildman–Crippen MR) is 90.1 cm³/mol. The number of Topliss-reactive ketones (excluding diaryl/α,β-unsaturated/α-hetero) is 1. The van der Waals surface area contributed by atoms with Gasteiger partial charge < -0.3 is 9.26 Å².